The molecule has 0 spiro atoms. The van der Waals surface area contributed by atoms with Gasteiger partial charge in [-0.15, -0.1) is 11.3 Å². The normalized spacial score (nSPS) is 16.9. The Bertz CT molecular complexity index is 342. The van der Waals surface area contributed by atoms with Crippen LogP contribution in [0, 0.1) is 12.8 Å². The third kappa shape index (κ3) is 2.78. The zero-order valence-electron chi connectivity index (χ0n) is 8.95. The Morgan fingerprint density at radius 3 is 2.93 bits per heavy atom. The molecule has 0 radical (unpaired) electrons. The third-order valence-electron chi connectivity index (χ3n) is 2.84. The van der Waals surface area contributed by atoms with Crippen LogP contribution in [-0.2, 0) is 11.3 Å². The molecule has 1 aliphatic carbocycles. The maximum absolute atomic E-state index is 11.7. The van der Waals surface area contributed by atoms with E-state index in [0.717, 1.165) is 23.5 Å². The summed E-state index contributed by atoms with van der Waals surface area (Å²) in [6.45, 7) is 2.56. The summed E-state index contributed by atoms with van der Waals surface area (Å²) in [7, 11) is 0. The second-order valence-electron chi connectivity index (χ2n) is 4.06. The van der Waals surface area contributed by atoms with E-state index in [2.05, 4.69) is 10.3 Å². The van der Waals surface area contributed by atoms with Gasteiger partial charge in [-0.1, -0.05) is 12.8 Å². The molecule has 1 saturated carbocycles. The van der Waals surface area contributed by atoms with Crippen LogP contribution in [0.25, 0.3) is 0 Å². The predicted octanol–water partition coefficient (Wildman–Crippen LogP) is 2.26. The van der Waals surface area contributed by atoms with Crippen molar-refractivity contribution in [1.29, 1.82) is 0 Å². The van der Waals surface area contributed by atoms with Gasteiger partial charge in [-0.2, -0.15) is 0 Å². The van der Waals surface area contributed by atoms with Gasteiger partial charge in [-0.25, -0.2) is 4.98 Å². The second-order valence-corrected chi connectivity index (χ2v) is 5.12. The lowest BCUT2D eigenvalue weighted by Crippen LogP contribution is -2.28. The number of nitrogens with one attached hydrogen (secondary N) is 1. The van der Waals surface area contributed by atoms with Crippen LogP contribution in [-0.4, -0.2) is 10.9 Å². The van der Waals surface area contributed by atoms with E-state index >= 15 is 0 Å². The van der Waals surface area contributed by atoms with Crippen molar-refractivity contribution in [2.45, 2.75) is 39.2 Å². The summed E-state index contributed by atoms with van der Waals surface area (Å²) < 4.78 is 0. The highest BCUT2D eigenvalue weighted by Gasteiger charge is 2.22. The van der Waals surface area contributed by atoms with E-state index in [4.69, 9.17) is 0 Å². The fraction of sp³-hybridized carbons (Fsp3) is 0.636. The van der Waals surface area contributed by atoms with E-state index in [1.165, 1.54) is 12.8 Å². The molecule has 1 aromatic heterocycles. The van der Waals surface area contributed by atoms with Crippen LogP contribution in [0.15, 0.2) is 5.38 Å². The maximum atomic E-state index is 11.7. The fourth-order valence-corrected chi connectivity index (χ4v) is 2.61. The highest BCUT2D eigenvalue weighted by Crippen LogP contribution is 2.24. The topological polar surface area (TPSA) is 42.0 Å². The predicted molar refractivity (Wildman–Crippen MR) is 60.7 cm³/mol. The van der Waals surface area contributed by atoms with Crippen molar-refractivity contribution in [3.8, 4) is 0 Å². The number of rotatable bonds is 3. The summed E-state index contributed by atoms with van der Waals surface area (Å²) in [5.41, 5.74) is 0.976. The van der Waals surface area contributed by atoms with Crippen molar-refractivity contribution < 1.29 is 4.79 Å². The molecule has 0 aliphatic heterocycles. The number of amides is 1. The molecule has 15 heavy (non-hydrogen) atoms. The summed E-state index contributed by atoms with van der Waals surface area (Å²) in [6, 6.07) is 0. The highest BCUT2D eigenvalue weighted by atomic mass is 32.1. The van der Waals surface area contributed by atoms with Crippen LogP contribution in [0.4, 0.5) is 0 Å². The maximum Gasteiger partial charge on any atom is 0.223 e. The van der Waals surface area contributed by atoms with Crippen LogP contribution >= 0.6 is 11.3 Å². The van der Waals surface area contributed by atoms with Crippen molar-refractivity contribution in [1.82, 2.24) is 10.3 Å². The number of thiazole rings is 1. The molecule has 0 saturated heterocycles. The number of hydrogen-bond donors (Lipinski definition) is 1. The molecule has 1 amide bonds. The van der Waals surface area contributed by atoms with E-state index in [9.17, 15) is 4.79 Å². The van der Waals surface area contributed by atoms with Gasteiger partial charge < -0.3 is 5.32 Å². The minimum atomic E-state index is 0.207. The first-order chi connectivity index (χ1) is 7.25. The average Bonchev–Trinajstić information content (AvgIpc) is 2.84. The number of hydrogen-bond acceptors (Lipinski definition) is 3. The molecule has 0 aromatic carbocycles. The Balaban J connectivity index is 1.80. The fourth-order valence-electron chi connectivity index (χ4n) is 2.00. The van der Waals surface area contributed by atoms with E-state index in [1.54, 1.807) is 11.3 Å². The molecule has 1 heterocycles. The van der Waals surface area contributed by atoms with E-state index in [1.807, 2.05) is 12.3 Å². The Hall–Kier alpha value is -0.900. The number of carbonyl (C=O) groups is 1. The molecule has 2 rings (SSSR count). The Morgan fingerprint density at radius 2 is 2.33 bits per heavy atom. The summed E-state index contributed by atoms with van der Waals surface area (Å²) in [4.78, 5) is 16.0. The van der Waals surface area contributed by atoms with E-state index in [-0.39, 0.29) is 11.8 Å². The molecule has 1 aliphatic rings. The van der Waals surface area contributed by atoms with Gasteiger partial charge >= 0.3 is 0 Å². The number of carbonyl (C=O) groups excluding carboxylic acids is 1. The first-order valence-electron chi connectivity index (χ1n) is 5.44. The molecule has 0 unspecified atom stereocenters. The summed E-state index contributed by atoms with van der Waals surface area (Å²) >= 11 is 1.63. The SMILES string of the molecule is Cc1nc(CNC(=O)C2CCCC2)cs1. The van der Waals surface area contributed by atoms with Crippen molar-refractivity contribution in [2.75, 3.05) is 0 Å². The van der Waals surface area contributed by atoms with Gasteiger partial charge in [0.1, 0.15) is 0 Å². The van der Waals surface area contributed by atoms with Crippen molar-refractivity contribution in [3.63, 3.8) is 0 Å². The van der Waals surface area contributed by atoms with Gasteiger partial charge in [0.2, 0.25) is 5.91 Å². The monoisotopic (exact) mass is 224 g/mol. The van der Waals surface area contributed by atoms with Gasteiger partial charge in [0.05, 0.1) is 17.2 Å². The lowest BCUT2D eigenvalue weighted by Gasteiger charge is -2.08. The molecule has 3 nitrogen and oxygen atoms in total. The third-order valence-corrected chi connectivity index (χ3v) is 3.66. The minimum absolute atomic E-state index is 0.207. The quantitative estimate of drug-likeness (QED) is 0.855. The van der Waals surface area contributed by atoms with Crippen LogP contribution in [0.3, 0.4) is 0 Å². The second kappa shape index (κ2) is 4.75. The number of aromatic nitrogens is 1. The lowest BCUT2D eigenvalue weighted by atomic mass is 10.1. The van der Waals surface area contributed by atoms with Crippen LogP contribution in [0.5, 0.6) is 0 Å². The van der Waals surface area contributed by atoms with Gasteiger partial charge in [0.25, 0.3) is 0 Å². The molecular weight excluding hydrogens is 208 g/mol. The summed E-state index contributed by atoms with van der Waals surface area (Å²) in [5, 5.41) is 6.02. The van der Waals surface area contributed by atoms with E-state index in [0.29, 0.717) is 6.54 Å². The Morgan fingerprint density at radius 1 is 1.60 bits per heavy atom. The first-order valence-corrected chi connectivity index (χ1v) is 6.32. The van der Waals surface area contributed by atoms with Crippen molar-refractivity contribution in [3.05, 3.63) is 16.1 Å². The van der Waals surface area contributed by atoms with E-state index < -0.39 is 0 Å². The minimum Gasteiger partial charge on any atom is -0.350 e. The van der Waals surface area contributed by atoms with Gasteiger partial charge in [0, 0.05) is 11.3 Å². The highest BCUT2D eigenvalue weighted by molar-refractivity contribution is 7.09. The van der Waals surface area contributed by atoms with Gasteiger partial charge in [-0.3, -0.25) is 4.79 Å². The van der Waals surface area contributed by atoms with Crippen LogP contribution < -0.4 is 5.32 Å². The molecule has 1 aromatic rings. The number of aryl methyl sites for hydroxylation is 1. The average molecular weight is 224 g/mol. The molecule has 0 atom stereocenters. The molecular formula is C11H16N2OS. The standard InChI is InChI=1S/C11H16N2OS/c1-8-13-10(7-15-8)6-12-11(14)9-4-2-3-5-9/h7,9H,2-6H2,1H3,(H,12,14). The smallest absolute Gasteiger partial charge is 0.223 e. The zero-order valence-corrected chi connectivity index (χ0v) is 9.77. The zero-order chi connectivity index (χ0) is 10.7. The molecule has 1 fully saturated rings. The van der Waals surface area contributed by atoms with Crippen LogP contribution in [0.2, 0.25) is 0 Å². The molecule has 4 heteroatoms. The van der Waals surface area contributed by atoms with Crippen molar-refractivity contribution >= 4 is 17.2 Å². The summed E-state index contributed by atoms with van der Waals surface area (Å²) in [6.07, 6.45) is 4.52. The molecule has 82 valence electrons. The molecule has 0 bridgehead atoms. The number of nitrogens with zero attached hydrogens (tertiary/aromatic N) is 1. The summed E-state index contributed by atoms with van der Waals surface area (Å²) in [5.74, 6) is 0.461. The lowest BCUT2D eigenvalue weighted by molar-refractivity contribution is -0.124. The Kier molecular flexibility index (Phi) is 3.36. The van der Waals surface area contributed by atoms with Crippen molar-refractivity contribution in [2.24, 2.45) is 5.92 Å². The van der Waals surface area contributed by atoms with Gasteiger partial charge in [0.15, 0.2) is 0 Å². The first kappa shape index (κ1) is 10.6. The van der Waals surface area contributed by atoms with Gasteiger partial charge in [-0.05, 0) is 19.8 Å². The Labute approximate surface area is 93.9 Å². The van der Waals surface area contributed by atoms with Crippen LogP contribution in [0.1, 0.15) is 36.4 Å². The molecule has 1 N–H and O–H groups in total. The largest absolute Gasteiger partial charge is 0.350 e.